The molecule has 1 amide bonds. The Morgan fingerprint density at radius 3 is 2.25 bits per heavy atom. The summed E-state index contributed by atoms with van der Waals surface area (Å²) < 4.78 is 0. The second-order valence-electron chi connectivity index (χ2n) is 1.19. The lowest BCUT2D eigenvalue weighted by Crippen LogP contribution is -2.20. The van der Waals surface area contributed by atoms with E-state index in [2.05, 4.69) is 5.09 Å². The molecule has 0 aromatic carbocycles. The first-order valence-corrected chi connectivity index (χ1v) is 5.34. The molecular weight excluding hydrogens is 144 g/mol. The van der Waals surface area contributed by atoms with Gasteiger partial charge in [0.1, 0.15) is 8.42 Å². The van der Waals surface area contributed by atoms with Crippen LogP contribution in [0.5, 0.6) is 0 Å². The van der Waals surface area contributed by atoms with Gasteiger partial charge in [0.05, 0.1) is 0 Å². The number of ketones is 1. The second kappa shape index (κ2) is 3.94. The summed E-state index contributed by atoms with van der Waals surface area (Å²) in [4.78, 5) is 20.4. The predicted molar refractivity (Wildman–Crippen MR) is 38.2 cm³/mol. The van der Waals surface area contributed by atoms with E-state index < -0.39 is 11.7 Å². The number of carbonyl (C=O) groups excluding carboxylic acids is 2. The maximum atomic E-state index is 10.3. The van der Waals surface area contributed by atoms with Crippen molar-refractivity contribution in [3.8, 4) is 0 Å². The molecule has 0 saturated carbocycles. The predicted octanol–water partition coefficient (Wildman–Crippen LogP) is -0.193. The van der Waals surface area contributed by atoms with Gasteiger partial charge in [-0.2, -0.15) is 0 Å². The van der Waals surface area contributed by atoms with Gasteiger partial charge in [0.15, 0.2) is 0 Å². The fourth-order valence-corrected chi connectivity index (χ4v) is 0.987. The highest BCUT2D eigenvalue weighted by atomic mass is 32.0. The zero-order valence-corrected chi connectivity index (χ0v) is 6.94. The molecule has 0 aromatic rings. The zero-order valence-electron chi connectivity index (χ0n) is 4.52. The highest BCUT2D eigenvalue weighted by Crippen LogP contribution is 2.12. The third-order valence-corrected chi connectivity index (χ3v) is 1.46. The average Bonchev–Trinajstić information content (AvgIpc) is 1.67. The van der Waals surface area contributed by atoms with Crippen LogP contribution in [0.1, 0.15) is 6.92 Å². The van der Waals surface area contributed by atoms with E-state index in [9.17, 15) is 9.59 Å². The zero-order chi connectivity index (χ0) is 6.57. The Balaban J connectivity index is 3.49. The van der Waals surface area contributed by atoms with Crippen LogP contribution >= 0.6 is 17.3 Å². The van der Waals surface area contributed by atoms with E-state index in [0.29, 0.717) is 8.42 Å². The van der Waals surface area contributed by atoms with Crippen molar-refractivity contribution in [2.75, 3.05) is 0 Å². The molecule has 0 fully saturated rings. The summed E-state index contributed by atoms with van der Waals surface area (Å²) in [5.41, 5.74) is 0. The third-order valence-electron chi connectivity index (χ3n) is 0.522. The van der Waals surface area contributed by atoms with E-state index in [-0.39, 0.29) is 0 Å². The summed E-state index contributed by atoms with van der Waals surface area (Å²) in [6.07, 6.45) is 0. The lowest BCUT2D eigenvalue weighted by Gasteiger charge is -1.89. The molecular formula is C3H8NO2P2+. The SMILES string of the molecule is CC(=O)C(=O)NP[PH3+]. The fourth-order valence-electron chi connectivity index (χ4n) is 0.168. The molecule has 0 rings (SSSR count). The maximum Gasteiger partial charge on any atom is 0.292 e. The number of hydrogen-bond donors (Lipinski definition) is 1. The quantitative estimate of drug-likeness (QED) is 0.440. The third kappa shape index (κ3) is 3.06. The summed E-state index contributed by atoms with van der Waals surface area (Å²) >= 11 is 0. The molecule has 0 aromatic heterocycles. The number of amides is 1. The summed E-state index contributed by atoms with van der Waals surface area (Å²) in [5, 5.41) is 2.40. The van der Waals surface area contributed by atoms with Gasteiger partial charge in [-0.1, -0.05) is 0 Å². The minimum Gasteiger partial charge on any atom is -0.299 e. The smallest absolute Gasteiger partial charge is 0.292 e. The second-order valence-corrected chi connectivity index (χ2v) is 2.85. The van der Waals surface area contributed by atoms with Crippen molar-refractivity contribution in [2.24, 2.45) is 0 Å². The number of carbonyl (C=O) groups is 2. The van der Waals surface area contributed by atoms with Crippen LogP contribution in [0.15, 0.2) is 0 Å². The fraction of sp³-hybridized carbons (Fsp3) is 0.333. The molecule has 2 atom stereocenters. The van der Waals surface area contributed by atoms with Crippen LogP contribution < -0.4 is 5.09 Å². The van der Waals surface area contributed by atoms with Crippen LogP contribution in [0.4, 0.5) is 0 Å². The van der Waals surface area contributed by atoms with E-state index in [1.807, 2.05) is 0 Å². The van der Waals surface area contributed by atoms with Gasteiger partial charge in [-0.25, -0.2) is 0 Å². The molecule has 8 heavy (non-hydrogen) atoms. The van der Waals surface area contributed by atoms with Gasteiger partial charge < -0.3 is 0 Å². The minimum atomic E-state index is -0.488. The standard InChI is InChI=1S/C3H7NO2P2/c1-2(5)3(6)4-8-7/h8H,7H2,1H3,(H,4,6)/p+1. The van der Waals surface area contributed by atoms with E-state index in [0.717, 1.165) is 0 Å². The van der Waals surface area contributed by atoms with Crippen LogP contribution in [0.2, 0.25) is 0 Å². The maximum absolute atomic E-state index is 10.3. The summed E-state index contributed by atoms with van der Waals surface area (Å²) in [6, 6.07) is 0. The summed E-state index contributed by atoms with van der Waals surface area (Å²) in [5.74, 6) is -0.914. The molecule has 0 heterocycles. The van der Waals surface area contributed by atoms with Gasteiger partial charge in [-0.05, 0) is 0 Å². The van der Waals surface area contributed by atoms with Crippen molar-refractivity contribution in [3.05, 3.63) is 0 Å². The molecule has 0 bridgehead atoms. The highest BCUT2D eigenvalue weighted by molar-refractivity contribution is 8.02. The Morgan fingerprint density at radius 2 is 2.12 bits per heavy atom. The van der Waals surface area contributed by atoms with Crippen molar-refractivity contribution in [1.82, 2.24) is 5.09 Å². The van der Waals surface area contributed by atoms with E-state index in [4.69, 9.17) is 0 Å². The Labute approximate surface area is 51.5 Å². The van der Waals surface area contributed by atoms with Crippen molar-refractivity contribution < 1.29 is 9.59 Å². The van der Waals surface area contributed by atoms with Crippen LogP contribution in [0.25, 0.3) is 0 Å². The first-order valence-electron chi connectivity index (χ1n) is 2.01. The van der Waals surface area contributed by atoms with Gasteiger partial charge in [0.25, 0.3) is 5.91 Å². The normalized spacial score (nSPS) is 10.1. The van der Waals surface area contributed by atoms with Gasteiger partial charge in [0.2, 0.25) is 5.78 Å². The number of rotatable bonds is 2. The van der Waals surface area contributed by atoms with Crippen molar-refractivity contribution in [3.63, 3.8) is 0 Å². The molecule has 2 unspecified atom stereocenters. The summed E-state index contributed by atoms with van der Waals surface area (Å²) in [6.45, 7) is 1.25. The Bertz CT molecular complexity index is 114. The van der Waals surface area contributed by atoms with Gasteiger partial charge in [-0.3, -0.25) is 14.7 Å². The van der Waals surface area contributed by atoms with Crippen LogP contribution in [0, 0.1) is 0 Å². The minimum absolute atomic E-state index is 0.338. The van der Waals surface area contributed by atoms with E-state index in [1.165, 1.54) is 6.92 Å². The molecule has 1 N–H and O–H groups in total. The van der Waals surface area contributed by atoms with Gasteiger partial charge in [0, 0.05) is 15.9 Å². The summed E-state index contributed by atoms with van der Waals surface area (Å²) in [7, 11) is 1.96. The molecule has 0 saturated heterocycles. The van der Waals surface area contributed by atoms with Crippen LogP contribution in [-0.2, 0) is 9.59 Å². The molecule has 5 heteroatoms. The van der Waals surface area contributed by atoms with Crippen LogP contribution in [-0.4, -0.2) is 11.7 Å². The lowest BCUT2D eigenvalue weighted by molar-refractivity contribution is -0.135. The molecule has 0 radical (unpaired) electrons. The van der Waals surface area contributed by atoms with Gasteiger partial charge in [-0.15, -0.1) is 0 Å². The van der Waals surface area contributed by atoms with Crippen molar-refractivity contribution >= 4 is 29.0 Å². The lowest BCUT2D eigenvalue weighted by atomic mass is 10.4. The Kier molecular flexibility index (Phi) is 3.94. The molecule has 3 nitrogen and oxygen atoms in total. The number of Topliss-reactive ketones (excluding diaryl/α,β-unsaturated/α-hetero) is 1. The molecule has 0 spiro atoms. The first kappa shape index (κ1) is 8.00. The van der Waals surface area contributed by atoms with E-state index in [1.54, 1.807) is 8.93 Å². The van der Waals surface area contributed by atoms with Crippen molar-refractivity contribution in [1.29, 1.82) is 0 Å². The van der Waals surface area contributed by atoms with E-state index >= 15 is 0 Å². The van der Waals surface area contributed by atoms with Gasteiger partial charge >= 0.3 is 0 Å². The Hall–Kier alpha value is -0.000000000000000111. The first-order chi connectivity index (χ1) is 3.68. The van der Waals surface area contributed by atoms with Crippen LogP contribution in [0.3, 0.4) is 0 Å². The topological polar surface area (TPSA) is 46.2 Å². The number of nitrogens with one attached hydrogen (secondary N) is 1. The Morgan fingerprint density at radius 1 is 1.62 bits per heavy atom. The monoisotopic (exact) mass is 152 g/mol. The molecule has 46 valence electrons. The molecule has 0 aliphatic heterocycles. The largest absolute Gasteiger partial charge is 0.299 e. The number of hydrogen-bond acceptors (Lipinski definition) is 2. The average molecular weight is 152 g/mol. The molecule has 0 aliphatic carbocycles. The highest BCUT2D eigenvalue weighted by Gasteiger charge is 2.04. The molecule has 0 aliphatic rings. The van der Waals surface area contributed by atoms with Crippen molar-refractivity contribution in [2.45, 2.75) is 6.92 Å².